The third kappa shape index (κ3) is 2.40. The second-order valence-corrected chi connectivity index (χ2v) is 1.89. The molecule has 0 fully saturated rings. The van der Waals surface area contributed by atoms with Gasteiger partial charge in [-0.1, -0.05) is 0 Å². The van der Waals surface area contributed by atoms with Crippen LogP contribution in [0.5, 0.6) is 0 Å². The molecule has 0 saturated carbocycles. The molecule has 0 aliphatic carbocycles. The van der Waals surface area contributed by atoms with Crippen molar-refractivity contribution in [3.63, 3.8) is 0 Å². The van der Waals surface area contributed by atoms with Gasteiger partial charge in [-0.15, -0.1) is 0 Å². The Morgan fingerprint density at radius 2 is 1.90 bits per heavy atom. The van der Waals surface area contributed by atoms with Gasteiger partial charge in [-0.05, 0) is 19.1 Å². The third-order valence-electron chi connectivity index (χ3n) is 1.10. The van der Waals surface area contributed by atoms with E-state index in [9.17, 15) is 10.1 Å². The predicted molar refractivity (Wildman–Crippen MR) is 29.4 cm³/mol. The standard InChI is InChI=1S/C5H9O5/c1-3(9-7)5(6)4(2)10-8/h3-4,7H,1-2H3. The van der Waals surface area contributed by atoms with Crippen LogP contribution in [0.25, 0.3) is 0 Å². The number of carbonyl (C=O) groups is 1. The molecule has 2 unspecified atom stereocenters. The summed E-state index contributed by atoms with van der Waals surface area (Å²) in [6.07, 6.45) is -2.09. The monoisotopic (exact) mass is 149 g/mol. The average molecular weight is 149 g/mol. The Labute approximate surface area is 58.0 Å². The topological polar surface area (TPSA) is 75.7 Å². The lowest BCUT2D eigenvalue weighted by molar-refractivity contribution is -0.328. The fourth-order valence-corrected chi connectivity index (χ4v) is 0.430. The molecule has 0 aromatic rings. The summed E-state index contributed by atoms with van der Waals surface area (Å²) in [6.45, 7) is 2.60. The highest BCUT2D eigenvalue weighted by atomic mass is 17.1. The number of hydrogen-bond donors (Lipinski definition) is 1. The third-order valence-corrected chi connectivity index (χ3v) is 1.10. The van der Waals surface area contributed by atoms with E-state index in [1.165, 1.54) is 13.8 Å². The maximum absolute atomic E-state index is 10.7. The minimum absolute atomic E-state index is 0.586. The largest absolute Gasteiger partial charge is 0.294 e. The molecule has 0 heterocycles. The van der Waals surface area contributed by atoms with Gasteiger partial charge in [0.25, 0.3) is 0 Å². The van der Waals surface area contributed by atoms with Gasteiger partial charge in [-0.2, -0.15) is 4.89 Å². The van der Waals surface area contributed by atoms with Crippen LogP contribution in [0, 0.1) is 0 Å². The van der Waals surface area contributed by atoms with Crippen molar-refractivity contribution < 1.29 is 25.1 Å². The first kappa shape index (κ1) is 9.51. The molecule has 0 aromatic heterocycles. The fraction of sp³-hybridized carbons (Fsp3) is 0.800. The van der Waals surface area contributed by atoms with E-state index in [1.807, 2.05) is 0 Å². The number of carbonyl (C=O) groups excluding carboxylic acids is 1. The first-order valence-electron chi connectivity index (χ1n) is 2.76. The minimum Gasteiger partial charge on any atom is -0.294 e. The Balaban J connectivity index is 3.82. The van der Waals surface area contributed by atoms with Crippen molar-refractivity contribution in [3.8, 4) is 0 Å². The highest BCUT2D eigenvalue weighted by Gasteiger charge is 2.21. The van der Waals surface area contributed by atoms with Crippen molar-refractivity contribution in [2.75, 3.05) is 0 Å². The van der Waals surface area contributed by atoms with Crippen molar-refractivity contribution in [2.45, 2.75) is 26.1 Å². The van der Waals surface area contributed by atoms with Gasteiger partial charge in [0.1, 0.15) is 0 Å². The van der Waals surface area contributed by atoms with Crippen LogP contribution in [0.2, 0.25) is 0 Å². The lowest BCUT2D eigenvalue weighted by Crippen LogP contribution is -2.30. The van der Waals surface area contributed by atoms with Crippen molar-refractivity contribution in [1.82, 2.24) is 0 Å². The number of Topliss-reactive ketones (excluding diaryl/α,β-unsaturated/α-hetero) is 1. The second-order valence-electron chi connectivity index (χ2n) is 1.89. The van der Waals surface area contributed by atoms with E-state index in [-0.39, 0.29) is 0 Å². The van der Waals surface area contributed by atoms with Crippen LogP contribution < -0.4 is 0 Å². The normalized spacial score (nSPS) is 16.4. The Bertz CT molecular complexity index is 101. The fourth-order valence-electron chi connectivity index (χ4n) is 0.430. The van der Waals surface area contributed by atoms with E-state index in [4.69, 9.17) is 5.26 Å². The Kier molecular flexibility index (Phi) is 4.13. The molecule has 0 rings (SSSR count). The zero-order valence-corrected chi connectivity index (χ0v) is 5.73. The van der Waals surface area contributed by atoms with Crippen LogP contribution in [-0.2, 0) is 19.8 Å². The van der Waals surface area contributed by atoms with Gasteiger partial charge in [0.15, 0.2) is 18.0 Å². The first-order valence-corrected chi connectivity index (χ1v) is 2.76. The summed E-state index contributed by atoms with van der Waals surface area (Å²) in [4.78, 5) is 17.8. The Morgan fingerprint density at radius 1 is 1.40 bits per heavy atom. The predicted octanol–water partition coefficient (Wildman–Crippen LogP) is 0.184. The molecule has 5 nitrogen and oxygen atoms in total. The van der Waals surface area contributed by atoms with Gasteiger partial charge in [0.05, 0.1) is 0 Å². The van der Waals surface area contributed by atoms with Gasteiger partial charge in [0.2, 0.25) is 0 Å². The first-order chi connectivity index (χ1) is 4.63. The summed E-state index contributed by atoms with van der Waals surface area (Å²) in [5.41, 5.74) is 0. The van der Waals surface area contributed by atoms with Crippen LogP contribution >= 0.6 is 0 Å². The van der Waals surface area contributed by atoms with Gasteiger partial charge in [0, 0.05) is 0 Å². The smallest absolute Gasteiger partial charge is 0.196 e. The van der Waals surface area contributed by atoms with Gasteiger partial charge >= 0.3 is 0 Å². The van der Waals surface area contributed by atoms with E-state index in [2.05, 4.69) is 9.78 Å². The molecule has 0 bridgehead atoms. The van der Waals surface area contributed by atoms with Crippen molar-refractivity contribution in [3.05, 3.63) is 0 Å². The molecular weight excluding hydrogens is 140 g/mol. The Hall–Kier alpha value is -0.490. The molecule has 0 saturated heterocycles. The zero-order chi connectivity index (χ0) is 8.15. The van der Waals surface area contributed by atoms with Crippen LogP contribution in [0.1, 0.15) is 13.8 Å². The van der Waals surface area contributed by atoms with Gasteiger partial charge < -0.3 is 0 Å². The van der Waals surface area contributed by atoms with E-state index in [0.29, 0.717) is 0 Å². The lowest BCUT2D eigenvalue weighted by atomic mass is 10.2. The molecule has 0 aromatic carbocycles. The zero-order valence-electron chi connectivity index (χ0n) is 5.73. The summed E-state index contributed by atoms with van der Waals surface area (Å²) in [6, 6.07) is 0. The molecular formula is C5H9O5. The molecule has 0 aliphatic heterocycles. The average Bonchev–Trinajstić information content (AvgIpc) is 2.00. The number of ketones is 1. The van der Waals surface area contributed by atoms with Crippen molar-refractivity contribution >= 4 is 5.78 Å². The number of hydrogen-bond acceptors (Lipinski definition) is 4. The second kappa shape index (κ2) is 4.35. The maximum Gasteiger partial charge on any atom is 0.196 e. The summed E-state index contributed by atoms with van der Waals surface area (Å²) >= 11 is 0. The molecule has 5 heteroatoms. The van der Waals surface area contributed by atoms with Crippen LogP contribution in [0.4, 0.5) is 0 Å². The van der Waals surface area contributed by atoms with Gasteiger partial charge in [-0.3, -0.25) is 10.1 Å². The maximum atomic E-state index is 10.7. The van der Waals surface area contributed by atoms with E-state index >= 15 is 0 Å². The Morgan fingerprint density at radius 3 is 2.20 bits per heavy atom. The molecule has 0 spiro atoms. The van der Waals surface area contributed by atoms with Crippen molar-refractivity contribution in [1.29, 1.82) is 0 Å². The SMILES string of the molecule is CC(O[O])C(=O)C(C)OO. The van der Waals surface area contributed by atoms with Crippen LogP contribution in [0.15, 0.2) is 0 Å². The number of rotatable bonds is 4. The van der Waals surface area contributed by atoms with Crippen molar-refractivity contribution in [2.24, 2.45) is 0 Å². The van der Waals surface area contributed by atoms with Crippen LogP contribution in [-0.4, -0.2) is 23.2 Å². The van der Waals surface area contributed by atoms with E-state index in [0.717, 1.165) is 0 Å². The molecule has 2 atom stereocenters. The quantitative estimate of drug-likeness (QED) is 0.457. The molecule has 0 amide bonds. The summed E-state index contributed by atoms with van der Waals surface area (Å²) in [5.74, 6) is -0.586. The van der Waals surface area contributed by atoms with Crippen LogP contribution in [0.3, 0.4) is 0 Å². The highest BCUT2D eigenvalue weighted by Crippen LogP contribution is 1.98. The van der Waals surface area contributed by atoms with E-state index in [1.54, 1.807) is 0 Å². The molecule has 0 aliphatic rings. The molecule has 1 radical (unpaired) electrons. The van der Waals surface area contributed by atoms with E-state index < -0.39 is 18.0 Å². The molecule has 10 heavy (non-hydrogen) atoms. The lowest BCUT2D eigenvalue weighted by Gasteiger charge is -2.08. The molecule has 1 N–H and O–H groups in total. The molecule has 59 valence electrons. The summed E-state index contributed by atoms with van der Waals surface area (Å²) < 4.78 is 0. The highest BCUT2D eigenvalue weighted by molar-refractivity contribution is 5.86. The summed E-state index contributed by atoms with van der Waals surface area (Å²) in [5, 5.41) is 17.6. The van der Waals surface area contributed by atoms with Gasteiger partial charge in [-0.25, -0.2) is 4.89 Å². The minimum atomic E-state index is -1.08. The summed E-state index contributed by atoms with van der Waals surface area (Å²) in [7, 11) is 0.